The van der Waals surface area contributed by atoms with Gasteiger partial charge in [-0.2, -0.15) is 0 Å². The number of carbonyl (C=O) groups is 6. The van der Waals surface area contributed by atoms with Crippen molar-refractivity contribution in [1.82, 2.24) is 20.9 Å². The number of methoxy groups -OCH3 is 1. The number of amides is 4. The highest BCUT2D eigenvalue weighted by Gasteiger charge is 2.40. The lowest BCUT2D eigenvalue weighted by molar-refractivity contribution is -0.147. The average molecular weight is 659 g/mol. The summed E-state index contributed by atoms with van der Waals surface area (Å²) in [6.07, 6.45) is 3.64. The summed E-state index contributed by atoms with van der Waals surface area (Å²) in [4.78, 5) is 78.9. The summed E-state index contributed by atoms with van der Waals surface area (Å²) in [5, 5.41) is 8.10. The van der Waals surface area contributed by atoms with Gasteiger partial charge in [-0.25, -0.2) is 14.4 Å². The van der Waals surface area contributed by atoms with Gasteiger partial charge in [-0.05, 0) is 56.4 Å². The van der Waals surface area contributed by atoms with Crippen LogP contribution in [-0.4, -0.2) is 85.1 Å². The molecule has 1 aliphatic heterocycles. The van der Waals surface area contributed by atoms with E-state index in [0.29, 0.717) is 25.8 Å². The summed E-state index contributed by atoms with van der Waals surface area (Å²) in [6.45, 7) is 9.57. The summed E-state index contributed by atoms with van der Waals surface area (Å²) < 4.78 is 15.1. The van der Waals surface area contributed by atoms with E-state index in [4.69, 9.17) is 14.2 Å². The topological polar surface area (TPSA) is 169 Å². The van der Waals surface area contributed by atoms with Crippen LogP contribution in [-0.2, 0) is 44.8 Å². The van der Waals surface area contributed by atoms with E-state index < -0.39 is 59.9 Å². The third-order valence-electron chi connectivity index (χ3n) is 7.56. The van der Waals surface area contributed by atoms with Gasteiger partial charge in [0.2, 0.25) is 17.7 Å². The fourth-order valence-corrected chi connectivity index (χ4v) is 5.15. The molecule has 3 N–H and O–H groups in total. The molecule has 0 aromatic heterocycles. The third kappa shape index (κ3) is 13.1. The maximum absolute atomic E-state index is 13.9. The minimum absolute atomic E-state index is 0.0106. The number of likely N-dealkylation sites (tertiary alicyclic amines) is 1. The van der Waals surface area contributed by atoms with Gasteiger partial charge in [0.15, 0.2) is 0 Å². The highest BCUT2D eigenvalue weighted by Crippen LogP contribution is 2.21. The van der Waals surface area contributed by atoms with Crippen molar-refractivity contribution in [2.75, 3.05) is 20.3 Å². The van der Waals surface area contributed by atoms with Gasteiger partial charge in [0, 0.05) is 12.6 Å². The van der Waals surface area contributed by atoms with Crippen LogP contribution in [0, 0.1) is 11.8 Å². The van der Waals surface area contributed by atoms with Gasteiger partial charge >= 0.3 is 18.0 Å². The normalized spacial score (nSPS) is 16.3. The largest absolute Gasteiger partial charge is 0.467 e. The predicted molar refractivity (Wildman–Crippen MR) is 173 cm³/mol. The minimum atomic E-state index is -1.10. The Labute approximate surface area is 277 Å². The highest BCUT2D eigenvalue weighted by atomic mass is 16.5. The number of carbonyl (C=O) groups excluding carboxylic acids is 6. The van der Waals surface area contributed by atoms with Crippen LogP contribution in [0.3, 0.4) is 0 Å². The van der Waals surface area contributed by atoms with Crippen LogP contribution in [0.1, 0.15) is 72.3 Å². The Morgan fingerprint density at radius 3 is 2.28 bits per heavy atom. The average Bonchev–Trinajstić information content (AvgIpc) is 3.53. The Kier molecular flexibility index (Phi) is 16.5. The third-order valence-corrected chi connectivity index (χ3v) is 7.56. The summed E-state index contributed by atoms with van der Waals surface area (Å²) >= 11 is 0. The van der Waals surface area contributed by atoms with E-state index >= 15 is 0 Å². The molecule has 1 aliphatic rings. The second-order valence-electron chi connectivity index (χ2n) is 12.1. The maximum Gasteiger partial charge on any atom is 0.408 e. The van der Waals surface area contributed by atoms with E-state index in [2.05, 4.69) is 16.0 Å². The predicted octanol–water partition coefficient (Wildman–Crippen LogP) is 3.02. The highest BCUT2D eigenvalue weighted by molar-refractivity contribution is 5.95. The lowest BCUT2D eigenvalue weighted by atomic mass is 10.0. The summed E-state index contributed by atoms with van der Waals surface area (Å²) in [5.74, 6) is -2.88. The quantitative estimate of drug-likeness (QED) is 0.129. The lowest BCUT2D eigenvalue weighted by Crippen LogP contribution is -2.59. The van der Waals surface area contributed by atoms with Crippen LogP contribution in [0.4, 0.5) is 4.79 Å². The Balaban J connectivity index is 2.17. The molecule has 1 aromatic rings. The summed E-state index contributed by atoms with van der Waals surface area (Å²) in [7, 11) is 1.25. The van der Waals surface area contributed by atoms with Gasteiger partial charge in [-0.3, -0.25) is 14.4 Å². The van der Waals surface area contributed by atoms with Gasteiger partial charge in [0.05, 0.1) is 13.7 Å². The zero-order chi connectivity index (χ0) is 34.9. The van der Waals surface area contributed by atoms with Gasteiger partial charge in [0.1, 0.15) is 30.8 Å². The molecule has 4 unspecified atom stereocenters. The molecule has 2 rings (SSSR count). The first-order valence-corrected chi connectivity index (χ1v) is 16.2. The molecule has 0 spiro atoms. The number of rotatable bonds is 17. The van der Waals surface area contributed by atoms with Gasteiger partial charge in [-0.15, -0.1) is 0 Å². The number of alkyl carbamates (subject to hydrolysis) is 1. The van der Waals surface area contributed by atoms with Gasteiger partial charge < -0.3 is 35.1 Å². The van der Waals surface area contributed by atoms with Crippen LogP contribution in [0.2, 0.25) is 0 Å². The van der Waals surface area contributed by atoms with E-state index in [-0.39, 0.29) is 37.9 Å². The molecule has 0 bridgehead atoms. The Morgan fingerprint density at radius 2 is 1.66 bits per heavy atom. The zero-order valence-corrected chi connectivity index (χ0v) is 28.3. The number of nitrogens with zero attached hydrogens (tertiary/aromatic N) is 1. The number of nitrogens with one attached hydrogen (secondary N) is 3. The molecule has 47 heavy (non-hydrogen) atoms. The van der Waals surface area contributed by atoms with E-state index in [1.807, 2.05) is 32.0 Å². The fourth-order valence-electron chi connectivity index (χ4n) is 5.15. The van der Waals surface area contributed by atoms with Crippen molar-refractivity contribution in [3.63, 3.8) is 0 Å². The van der Waals surface area contributed by atoms with Crippen molar-refractivity contribution in [2.24, 2.45) is 11.8 Å². The summed E-state index contributed by atoms with van der Waals surface area (Å²) in [6, 6.07) is 5.25. The van der Waals surface area contributed by atoms with Crippen molar-refractivity contribution < 1.29 is 43.0 Å². The number of allylic oxidation sites excluding steroid dienone is 1. The second kappa shape index (κ2) is 20.0. The van der Waals surface area contributed by atoms with Crippen LogP contribution in [0.15, 0.2) is 42.5 Å². The molecule has 0 radical (unpaired) electrons. The monoisotopic (exact) mass is 658 g/mol. The van der Waals surface area contributed by atoms with Crippen molar-refractivity contribution >= 4 is 35.8 Å². The second-order valence-corrected chi connectivity index (χ2v) is 12.1. The molecular weight excluding hydrogens is 608 g/mol. The number of hydrogen-bond acceptors (Lipinski definition) is 9. The first kappa shape index (κ1) is 38.8. The van der Waals surface area contributed by atoms with Crippen LogP contribution >= 0.6 is 0 Å². The van der Waals surface area contributed by atoms with E-state index in [1.165, 1.54) is 24.2 Å². The SMILES string of the molecule is CCOC(=O)/C=C/CCC(NC(=O)OCc1ccccc1)C(=O)NC(C(=O)N1CCCC1C(=O)NC(CC(C)C)C(=O)OC)C(C)C. The molecule has 1 fully saturated rings. The maximum atomic E-state index is 13.9. The van der Waals surface area contributed by atoms with E-state index in [9.17, 15) is 28.8 Å². The van der Waals surface area contributed by atoms with Gasteiger partial charge in [0.25, 0.3) is 0 Å². The molecule has 1 saturated heterocycles. The lowest BCUT2D eigenvalue weighted by Gasteiger charge is -2.32. The molecule has 13 heteroatoms. The van der Waals surface area contributed by atoms with E-state index in [0.717, 1.165) is 5.56 Å². The molecule has 1 aromatic carbocycles. The summed E-state index contributed by atoms with van der Waals surface area (Å²) in [5.41, 5.74) is 0.762. The Bertz CT molecular complexity index is 1240. The standard InChI is InChI=1S/C34H50N4O9/c1-7-46-28(39)18-12-11-16-25(36-34(44)47-21-24-14-9-8-10-15-24)30(40)37-29(23(4)5)32(42)38-19-13-17-27(38)31(41)35-26(20-22(2)3)33(43)45-6/h8-10,12,14-15,18,22-23,25-27,29H,7,11,13,16-17,19-21H2,1-6H3,(H,35,41)(H,36,44)(H,37,40)/b18-12+. The molecule has 0 saturated carbocycles. The first-order valence-electron chi connectivity index (χ1n) is 16.2. The Morgan fingerprint density at radius 1 is 0.957 bits per heavy atom. The van der Waals surface area contributed by atoms with Crippen molar-refractivity contribution in [2.45, 2.75) is 97.5 Å². The van der Waals surface area contributed by atoms with Gasteiger partial charge in [-0.1, -0.05) is 64.1 Å². The molecule has 4 amide bonds. The molecular formula is C34H50N4O9. The molecule has 4 atom stereocenters. The molecule has 13 nitrogen and oxygen atoms in total. The van der Waals surface area contributed by atoms with Crippen LogP contribution in [0.25, 0.3) is 0 Å². The number of esters is 2. The first-order chi connectivity index (χ1) is 22.4. The molecule has 1 heterocycles. The molecule has 0 aliphatic carbocycles. The minimum Gasteiger partial charge on any atom is -0.467 e. The number of hydrogen-bond donors (Lipinski definition) is 3. The molecule has 260 valence electrons. The van der Waals surface area contributed by atoms with Crippen molar-refractivity contribution in [1.29, 1.82) is 0 Å². The van der Waals surface area contributed by atoms with Crippen molar-refractivity contribution in [3.05, 3.63) is 48.0 Å². The zero-order valence-electron chi connectivity index (χ0n) is 28.3. The van der Waals surface area contributed by atoms with E-state index in [1.54, 1.807) is 32.9 Å². The fraction of sp³-hybridized carbons (Fsp3) is 0.588. The number of benzene rings is 1. The smallest absolute Gasteiger partial charge is 0.408 e. The Hall–Kier alpha value is -4.42. The van der Waals surface area contributed by atoms with Crippen molar-refractivity contribution in [3.8, 4) is 0 Å². The number of ether oxygens (including phenoxy) is 3. The van der Waals surface area contributed by atoms with Crippen LogP contribution < -0.4 is 16.0 Å². The van der Waals surface area contributed by atoms with Crippen LogP contribution in [0.5, 0.6) is 0 Å².